The Morgan fingerprint density at radius 3 is 2.52 bits per heavy atom. The van der Waals surface area contributed by atoms with Crippen LogP contribution in [-0.4, -0.2) is 44.4 Å². The number of benzene rings is 1. The van der Waals surface area contributed by atoms with Gasteiger partial charge in [-0.25, -0.2) is 12.7 Å². The zero-order valence-electron chi connectivity index (χ0n) is 17.4. The SMILES string of the molecule is COc1ccc(NC(=O)/C=C/c2cc(C)n(C3CC3)c2C)cc1S(=O)(=O)N(C)C. The number of hydrogen-bond donors (Lipinski definition) is 1. The van der Waals surface area contributed by atoms with E-state index in [0.717, 1.165) is 15.6 Å². The lowest BCUT2D eigenvalue weighted by Crippen LogP contribution is -2.23. The van der Waals surface area contributed by atoms with Crippen molar-refractivity contribution in [2.24, 2.45) is 0 Å². The molecule has 0 unspecified atom stereocenters. The van der Waals surface area contributed by atoms with Crippen LogP contribution in [0.15, 0.2) is 35.2 Å². The van der Waals surface area contributed by atoms with E-state index in [1.165, 1.54) is 57.9 Å². The molecule has 3 rings (SSSR count). The smallest absolute Gasteiger partial charge is 0.248 e. The summed E-state index contributed by atoms with van der Waals surface area (Å²) in [4.78, 5) is 12.4. The number of methoxy groups -OCH3 is 1. The third-order valence-corrected chi connectivity index (χ3v) is 6.88. The summed E-state index contributed by atoms with van der Waals surface area (Å²) in [5.74, 6) is -0.112. The van der Waals surface area contributed by atoms with E-state index in [4.69, 9.17) is 4.74 Å². The van der Waals surface area contributed by atoms with Gasteiger partial charge < -0.3 is 14.6 Å². The summed E-state index contributed by atoms with van der Waals surface area (Å²) < 4.78 is 33.6. The van der Waals surface area contributed by atoms with E-state index >= 15 is 0 Å². The van der Waals surface area contributed by atoms with Crippen molar-refractivity contribution in [3.05, 3.63) is 47.3 Å². The molecule has 1 N–H and O–H groups in total. The molecule has 1 amide bonds. The third kappa shape index (κ3) is 4.38. The molecule has 1 aromatic carbocycles. The van der Waals surface area contributed by atoms with Gasteiger partial charge in [-0.2, -0.15) is 0 Å². The normalized spacial score (nSPS) is 14.6. The molecule has 0 radical (unpaired) electrons. The number of rotatable bonds is 7. The number of nitrogens with one attached hydrogen (secondary N) is 1. The highest BCUT2D eigenvalue weighted by molar-refractivity contribution is 7.89. The van der Waals surface area contributed by atoms with Gasteiger partial charge in [0, 0.05) is 43.3 Å². The Labute approximate surface area is 172 Å². The molecular formula is C21H27N3O4S. The average molecular weight is 418 g/mol. The third-order valence-electron chi connectivity index (χ3n) is 5.04. The van der Waals surface area contributed by atoms with E-state index in [9.17, 15) is 13.2 Å². The van der Waals surface area contributed by atoms with Crippen molar-refractivity contribution in [1.29, 1.82) is 0 Å². The van der Waals surface area contributed by atoms with Crippen LogP contribution < -0.4 is 10.1 Å². The van der Waals surface area contributed by atoms with Crippen molar-refractivity contribution in [2.45, 2.75) is 37.6 Å². The van der Waals surface area contributed by atoms with Gasteiger partial charge in [0.1, 0.15) is 10.6 Å². The van der Waals surface area contributed by atoms with Crippen molar-refractivity contribution in [3.63, 3.8) is 0 Å². The lowest BCUT2D eigenvalue weighted by molar-refractivity contribution is -0.111. The van der Waals surface area contributed by atoms with Gasteiger partial charge in [-0.1, -0.05) is 0 Å². The van der Waals surface area contributed by atoms with Crippen molar-refractivity contribution in [1.82, 2.24) is 8.87 Å². The zero-order valence-corrected chi connectivity index (χ0v) is 18.2. The number of sulfonamides is 1. The molecule has 0 saturated heterocycles. The zero-order chi connectivity index (χ0) is 21.3. The Balaban J connectivity index is 1.79. The first-order valence-corrected chi connectivity index (χ1v) is 10.9. The molecule has 2 aromatic rings. The Morgan fingerprint density at radius 1 is 1.24 bits per heavy atom. The summed E-state index contributed by atoms with van der Waals surface area (Å²) in [7, 11) is 0.590. The van der Waals surface area contributed by atoms with Gasteiger partial charge in [-0.3, -0.25) is 4.79 Å². The van der Waals surface area contributed by atoms with Crippen LogP contribution in [0.2, 0.25) is 0 Å². The van der Waals surface area contributed by atoms with Crippen LogP contribution in [0.1, 0.15) is 35.8 Å². The molecule has 156 valence electrons. The molecule has 0 atom stereocenters. The first-order chi connectivity index (χ1) is 13.6. The van der Waals surface area contributed by atoms with Crippen molar-refractivity contribution in [3.8, 4) is 5.75 Å². The maximum atomic E-state index is 12.5. The number of aromatic nitrogens is 1. The van der Waals surface area contributed by atoms with E-state index in [0.29, 0.717) is 11.7 Å². The topological polar surface area (TPSA) is 80.6 Å². The van der Waals surface area contributed by atoms with Gasteiger partial charge in [0.25, 0.3) is 0 Å². The van der Waals surface area contributed by atoms with E-state index < -0.39 is 10.0 Å². The summed E-state index contributed by atoms with van der Waals surface area (Å²) in [5.41, 5.74) is 3.73. The van der Waals surface area contributed by atoms with Crippen LogP contribution in [0.25, 0.3) is 6.08 Å². The highest BCUT2D eigenvalue weighted by Gasteiger charge is 2.26. The van der Waals surface area contributed by atoms with E-state index in [1.807, 2.05) is 0 Å². The van der Waals surface area contributed by atoms with E-state index in [2.05, 4.69) is 29.8 Å². The minimum atomic E-state index is -3.71. The lowest BCUT2D eigenvalue weighted by atomic mass is 10.2. The van der Waals surface area contributed by atoms with Gasteiger partial charge in [-0.05, 0) is 62.6 Å². The Bertz CT molecular complexity index is 1060. The van der Waals surface area contributed by atoms with Crippen LogP contribution in [0.5, 0.6) is 5.75 Å². The Kier molecular flexibility index (Phi) is 5.86. The molecular weight excluding hydrogens is 390 g/mol. The van der Waals surface area contributed by atoms with E-state index in [1.54, 1.807) is 12.1 Å². The van der Waals surface area contributed by atoms with Gasteiger partial charge >= 0.3 is 0 Å². The Morgan fingerprint density at radius 2 is 1.93 bits per heavy atom. The van der Waals surface area contributed by atoms with Crippen LogP contribution in [0.4, 0.5) is 5.69 Å². The van der Waals surface area contributed by atoms with Crippen LogP contribution >= 0.6 is 0 Å². The number of amides is 1. The predicted molar refractivity (Wildman–Crippen MR) is 114 cm³/mol. The molecule has 0 bridgehead atoms. The van der Waals surface area contributed by atoms with Gasteiger partial charge in [-0.15, -0.1) is 0 Å². The second-order valence-electron chi connectivity index (χ2n) is 7.40. The molecule has 1 fully saturated rings. The fourth-order valence-corrected chi connectivity index (χ4v) is 4.44. The molecule has 1 aliphatic rings. The number of nitrogens with zero attached hydrogens (tertiary/aromatic N) is 2. The summed E-state index contributed by atoms with van der Waals surface area (Å²) in [5, 5.41) is 2.72. The summed E-state index contributed by atoms with van der Waals surface area (Å²) in [6.45, 7) is 4.14. The van der Waals surface area contributed by atoms with Gasteiger partial charge in [0.2, 0.25) is 15.9 Å². The maximum absolute atomic E-state index is 12.5. The largest absolute Gasteiger partial charge is 0.495 e. The number of anilines is 1. The fraction of sp³-hybridized carbons (Fsp3) is 0.381. The average Bonchev–Trinajstić information content (AvgIpc) is 3.45. The number of carbonyl (C=O) groups is 1. The van der Waals surface area contributed by atoms with Crippen molar-refractivity contribution >= 4 is 27.7 Å². The lowest BCUT2D eigenvalue weighted by Gasteiger charge is -2.15. The summed E-state index contributed by atoms with van der Waals surface area (Å²) >= 11 is 0. The molecule has 8 heteroatoms. The first kappa shape index (κ1) is 21.1. The molecule has 1 aromatic heterocycles. The predicted octanol–water partition coefficient (Wildman–Crippen LogP) is 3.35. The summed E-state index contributed by atoms with van der Waals surface area (Å²) in [6.07, 6.45) is 5.66. The fourth-order valence-electron chi connectivity index (χ4n) is 3.37. The molecule has 1 aliphatic carbocycles. The molecule has 1 saturated carbocycles. The quantitative estimate of drug-likeness (QED) is 0.701. The minimum absolute atomic E-state index is 0.000224. The van der Waals surface area contributed by atoms with Gasteiger partial charge in [0.15, 0.2) is 0 Å². The number of hydrogen-bond acceptors (Lipinski definition) is 4. The molecule has 7 nitrogen and oxygen atoms in total. The first-order valence-electron chi connectivity index (χ1n) is 9.43. The second kappa shape index (κ2) is 8.04. The molecule has 0 spiro atoms. The van der Waals surface area contributed by atoms with Crippen LogP contribution in [0.3, 0.4) is 0 Å². The standard InChI is InChI=1S/C21H27N3O4S/c1-14-12-16(15(2)24(14)18-8-9-18)6-11-21(25)22-17-7-10-19(28-5)20(13-17)29(26,27)23(3)4/h6-7,10-13,18H,8-9H2,1-5H3,(H,22,25)/b11-6+. The second-order valence-corrected chi connectivity index (χ2v) is 9.52. The van der Waals surface area contributed by atoms with Crippen molar-refractivity contribution < 1.29 is 17.9 Å². The van der Waals surface area contributed by atoms with Gasteiger partial charge in [0.05, 0.1) is 7.11 Å². The number of ether oxygens (including phenoxy) is 1. The highest BCUT2D eigenvalue weighted by atomic mass is 32.2. The molecule has 1 heterocycles. The molecule has 29 heavy (non-hydrogen) atoms. The molecule has 0 aliphatic heterocycles. The minimum Gasteiger partial charge on any atom is -0.495 e. The number of carbonyl (C=O) groups excluding carboxylic acids is 1. The Hall–Kier alpha value is -2.58. The summed E-state index contributed by atoms with van der Waals surface area (Å²) in [6, 6.07) is 7.20. The van der Waals surface area contributed by atoms with E-state index in [-0.39, 0.29) is 16.6 Å². The maximum Gasteiger partial charge on any atom is 0.248 e. The van der Waals surface area contributed by atoms with Crippen LogP contribution in [-0.2, 0) is 14.8 Å². The number of aryl methyl sites for hydroxylation is 1. The highest BCUT2D eigenvalue weighted by Crippen LogP contribution is 2.38. The van der Waals surface area contributed by atoms with Crippen molar-refractivity contribution in [2.75, 3.05) is 26.5 Å². The van der Waals surface area contributed by atoms with Crippen LogP contribution in [0, 0.1) is 13.8 Å². The monoisotopic (exact) mass is 417 g/mol.